The minimum absolute atomic E-state index is 0.166. The summed E-state index contributed by atoms with van der Waals surface area (Å²) in [5.41, 5.74) is 30.8. The van der Waals surface area contributed by atoms with E-state index in [1.807, 2.05) is 48.5 Å². The molecule has 9 rings (SSSR count). The lowest BCUT2D eigenvalue weighted by Crippen LogP contribution is -2.15. The molecule has 0 atom stereocenters. The molecular weight excluding hydrogens is 1060 g/mol. The third-order valence-corrected chi connectivity index (χ3v) is 11.5. The second-order valence-corrected chi connectivity index (χ2v) is 18.2. The molecule has 0 radical (unpaired) electrons. The van der Waals surface area contributed by atoms with Crippen molar-refractivity contribution in [3.63, 3.8) is 0 Å². The fourth-order valence-electron chi connectivity index (χ4n) is 7.17. The third kappa shape index (κ3) is 22.2. The van der Waals surface area contributed by atoms with Gasteiger partial charge in [0.2, 0.25) is 0 Å². The Morgan fingerprint density at radius 2 is 0.810 bits per heavy atom. The minimum Gasteiger partial charge on any atom is -0.494 e. The molecule has 18 heteroatoms. The standard InChI is InChI=1S/C20H18N2O2.C17H18N2O4.C17H20N2O2.C12H11N3O/c21-17-9-11-18(12-10-17)22-20(23)16-7-4-8-19(13-16)24-14-15-5-2-1-3-6-15;1-2-22-16(20)11-23-15-5-3-4-12(10-15)17(21)19-14-8-6-13(18)7-9-14;1-2-3-11-21-16-6-4-5-13(12-16)17(20)19-15-9-7-14(18)8-10-15;13-9-4-6-10(7-5-9)15-12(16)11-3-1-2-8-14-11/h1-13H,14,21H2,(H,22,23);3-10H,2,11,18H2,1H3,(H,19,21);4-10,12H,2-3,11,18H2,1H3,(H,19,20);1-8H,13H2,(H,15,16). The highest BCUT2D eigenvalue weighted by molar-refractivity contribution is 6.06. The highest BCUT2D eigenvalue weighted by atomic mass is 16.6. The van der Waals surface area contributed by atoms with Gasteiger partial charge in [-0.2, -0.15) is 0 Å². The van der Waals surface area contributed by atoms with Crippen molar-refractivity contribution in [1.29, 1.82) is 0 Å². The van der Waals surface area contributed by atoms with Gasteiger partial charge in [0.1, 0.15) is 29.5 Å². The van der Waals surface area contributed by atoms with Crippen LogP contribution in [-0.4, -0.2) is 54.4 Å². The van der Waals surface area contributed by atoms with Crippen LogP contribution in [0.3, 0.4) is 0 Å². The molecule has 0 bridgehead atoms. The summed E-state index contributed by atoms with van der Waals surface area (Å²) in [6.07, 6.45) is 3.66. The number of amides is 4. The molecule has 0 fully saturated rings. The number of carbonyl (C=O) groups is 5. The van der Waals surface area contributed by atoms with Crippen LogP contribution in [0, 0.1) is 0 Å². The molecule has 0 aliphatic heterocycles. The Kier molecular flexibility index (Phi) is 24.7. The number of hydrogen-bond acceptors (Lipinski definition) is 14. The first kappa shape index (κ1) is 62.1. The summed E-state index contributed by atoms with van der Waals surface area (Å²) in [5.74, 6) is 0.469. The van der Waals surface area contributed by atoms with Gasteiger partial charge in [0.15, 0.2) is 6.61 Å². The van der Waals surface area contributed by atoms with Crippen LogP contribution in [0.15, 0.2) is 225 Å². The lowest BCUT2D eigenvalue weighted by atomic mass is 10.2. The Balaban J connectivity index is 0.000000181. The number of anilines is 8. The van der Waals surface area contributed by atoms with Gasteiger partial charge in [-0.05, 0) is 183 Å². The molecule has 9 aromatic rings. The molecule has 0 aliphatic rings. The first-order valence-corrected chi connectivity index (χ1v) is 26.7. The molecule has 0 spiro atoms. The number of esters is 1. The predicted molar refractivity (Wildman–Crippen MR) is 332 cm³/mol. The van der Waals surface area contributed by atoms with Crippen LogP contribution in [0.1, 0.15) is 73.8 Å². The van der Waals surface area contributed by atoms with Crippen molar-refractivity contribution in [3.8, 4) is 17.2 Å². The van der Waals surface area contributed by atoms with Gasteiger partial charge in [-0.15, -0.1) is 0 Å². The topological polar surface area (TPSA) is 287 Å². The van der Waals surface area contributed by atoms with Crippen LogP contribution >= 0.6 is 0 Å². The van der Waals surface area contributed by atoms with Crippen LogP contribution in [0.5, 0.6) is 17.2 Å². The number of rotatable bonds is 19. The summed E-state index contributed by atoms with van der Waals surface area (Å²) in [7, 11) is 0. The Morgan fingerprint density at radius 1 is 0.417 bits per heavy atom. The summed E-state index contributed by atoms with van der Waals surface area (Å²) >= 11 is 0. The van der Waals surface area contributed by atoms with E-state index >= 15 is 0 Å². The zero-order chi connectivity index (χ0) is 59.9. The van der Waals surface area contributed by atoms with Gasteiger partial charge >= 0.3 is 5.97 Å². The lowest BCUT2D eigenvalue weighted by molar-refractivity contribution is -0.145. The number of aromatic nitrogens is 1. The van der Waals surface area contributed by atoms with Gasteiger partial charge in [-0.3, -0.25) is 24.2 Å². The molecule has 0 saturated heterocycles. The molecule has 12 N–H and O–H groups in total. The molecule has 1 aromatic heterocycles. The van der Waals surface area contributed by atoms with Crippen molar-refractivity contribution in [3.05, 3.63) is 253 Å². The Morgan fingerprint density at radius 3 is 1.20 bits per heavy atom. The second-order valence-electron chi connectivity index (χ2n) is 18.2. The van der Waals surface area contributed by atoms with E-state index in [1.54, 1.807) is 183 Å². The molecule has 84 heavy (non-hydrogen) atoms. The summed E-state index contributed by atoms with van der Waals surface area (Å²) in [6, 6.07) is 63.8. The number of nitrogen functional groups attached to an aromatic ring is 4. The van der Waals surface area contributed by atoms with Crippen molar-refractivity contribution >= 4 is 75.1 Å². The zero-order valence-electron chi connectivity index (χ0n) is 46.5. The average Bonchev–Trinajstić information content (AvgIpc) is 3.63. The van der Waals surface area contributed by atoms with Gasteiger partial charge in [-0.25, -0.2) is 4.79 Å². The smallest absolute Gasteiger partial charge is 0.344 e. The molecule has 4 amide bonds. The van der Waals surface area contributed by atoms with E-state index in [0.717, 1.165) is 18.4 Å². The van der Waals surface area contributed by atoms with Gasteiger partial charge in [0, 0.05) is 68.4 Å². The zero-order valence-corrected chi connectivity index (χ0v) is 46.5. The average molecular weight is 1130 g/mol. The summed E-state index contributed by atoms with van der Waals surface area (Å²) < 4.78 is 21.4. The number of nitrogens with two attached hydrogens (primary N) is 4. The Hall–Kier alpha value is -11.1. The van der Waals surface area contributed by atoms with Gasteiger partial charge < -0.3 is 63.1 Å². The fraction of sp³-hybridized carbons (Fsp3) is 0.121. The Bertz CT molecular complexity index is 3500. The lowest BCUT2D eigenvalue weighted by Gasteiger charge is -2.09. The molecule has 0 unspecified atom stereocenters. The number of pyridine rings is 1. The highest BCUT2D eigenvalue weighted by Gasteiger charge is 2.12. The van der Waals surface area contributed by atoms with Crippen molar-refractivity contribution in [2.45, 2.75) is 33.3 Å². The van der Waals surface area contributed by atoms with Crippen LogP contribution < -0.4 is 58.4 Å². The highest BCUT2D eigenvalue weighted by Crippen LogP contribution is 2.21. The number of unbranched alkanes of at least 4 members (excludes halogenated alkanes) is 1. The molecular formula is C66H67N9O9. The summed E-state index contributed by atoms with van der Waals surface area (Å²) in [5, 5.41) is 11.2. The number of nitrogens with zero attached hydrogens (tertiary/aromatic N) is 1. The number of benzene rings is 8. The number of ether oxygens (including phenoxy) is 4. The van der Waals surface area contributed by atoms with E-state index < -0.39 is 5.97 Å². The predicted octanol–water partition coefficient (Wildman–Crippen LogP) is 12.2. The first-order valence-electron chi connectivity index (χ1n) is 26.7. The van der Waals surface area contributed by atoms with Gasteiger partial charge in [0.25, 0.3) is 23.6 Å². The number of hydrogen-bond donors (Lipinski definition) is 8. The first-order chi connectivity index (χ1) is 40.7. The van der Waals surface area contributed by atoms with E-state index in [0.29, 0.717) is 105 Å². The summed E-state index contributed by atoms with van der Waals surface area (Å²) in [4.78, 5) is 63.6. The van der Waals surface area contributed by atoms with Crippen molar-refractivity contribution in [2.75, 3.05) is 64.0 Å². The van der Waals surface area contributed by atoms with Crippen LogP contribution in [-0.2, 0) is 16.1 Å². The monoisotopic (exact) mass is 1130 g/mol. The van der Waals surface area contributed by atoms with E-state index in [4.69, 9.17) is 41.9 Å². The van der Waals surface area contributed by atoms with Gasteiger partial charge in [0.05, 0.1) is 13.2 Å². The van der Waals surface area contributed by atoms with E-state index in [9.17, 15) is 24.0 Å². The van der Waals surface area contributed by atoms with Crippen molar-refractivity contribution in [2.24, 2.45) is 0 Å². The number of carbonyl (C=O) groups excluding carboxylic acids is 5. The van der Waals surface area contributed by atoms with Gasteiger partial charge in [-0.1, -0.05) is 67.9 Å². The van der Waals surface area contributed by atoms with E-state index in [2.05, 4.69) is 33.2 Å². The van der Waals surface area contributed by atoms with Crippen molar-refractivity contribution in [1.82, 2.24) is 4.98 Å². The molecule has 1 heterocycles. The normalized spacial score (nSPS) is 10.0. The van der Waals surface area contributed by atoms with Crippen LogP contribution in [0.4, 0.5) is 45.5 Å². The quantitative estimate of drug-likeness (QED) is 0.0212. The second kappa shape index (κ2) is 33.4. The SMILES string of the molecule is CCCCOc1cccc(C(=O)Nc2ccc(N)cc2)c1.CCOC(=O)COc1cccc(C(=O)Nc2ccc(N)cc2)c1.Nc1ccc(NC(=O)c2cccc(OCc3ccccc3)c2)cc1.Nc1ccc(NC(=O)c2ccccn2)cc1. The molecule has 18 nitrogen and oxygen atoms in total. The molecule has 0 aliphatic carbocycles. The maximum absolute atomic E-state index is 12.3. The minimum atomic E-state index is -0.454. The van der Waals surface area contributed by atoms with E-state index in [-0.39, 0.29) is 30.2 Å². The largest absolute Gasteiger partial charge is 0.494 e. The molecule has 8 aromatic carbocycles. The molecule has 430 valence electrons. The maximum atomic E-state index is 12.3. The van der Waals surface area contributed by atoms with E-state index in [1.165, 1.54) is 0 Å². The van der Waals surface area contributed by atoms with Crippen LogP contribution in [0.2, 0.25) is 0 Å². The third-order valence-electron chi connectivity index (χ3n) is 11.5. The molecule has 0 saturated carbocycles. The van der Waals surface area contributed by atoms with Crippen molar-refractivity contribution < 1.29 is 42.9 Å². The Labute approximate surface area is 488 Å². The fourth-order valence-corrected chi connectivity index (χ4v) is 7.17. The number of nitrogens with one attached hydrogen (secondary N) is 4. The van der Waals surface area contributed by atoms with Crippen LogP contribution in [0.25, 0.3) is 0 Å². The summed E-state index contributed by atoms with van der Waals surface area (Å²) in [6.45, 7) is 5.06. The maximum Gasteiger partial charge on any atom is 0.344 e.